The molecule has 0 N–H and O–H groups in total. The number of Topliss-reactive ketones (excluding diaryl/α,β-unsaturated/α-hetero) is 1. The number of carbonyl (C=O) groups is 1. The lowest BCUT2D eigenvalue weighted by Crippen LogP contribution is -2.20. The molecule has 5 nitrogen and oxygen atoms in total. The van der Waals surface area contributed by atoms with Crippen molar-refractivity contribution < 1.29 is 14.5 Å². The van der Waals surface area contributed by atoms with E-state index in [1.807, 2.05) is 0 Å². The number of hydrogen-bond donors (Lipinski definition) is 0. The van der Waals surface area contributed by atoms with Crippen LogP contribution in [0, 0.1) is 10.1 Å². The van der Waals surface area contributed by atoms with Gasteiger partial charge in [-0.25, -0.2) is 0 Å². The molecule has 1 atom stereocenters. The largest absolute Gasteiger partial charge is 0.372 e. The van der Waals surface area contributed by atoms with E-state index in [1.54, 1.807) is 6.07 Å². The van der Waals surface area contributed by atoms with Gasteiger partial charge in [0.2, 0.25) is 0 Å². The zero-order chi connectivity index (χ0) is 12.4. The van der Waals surface area contributed by atoms with Crippen LogP contribution in [0.4, 0.5) is 5.69 Å². The van der Waals surface area contributed by atoms with Gasteiger partial charge in [0.25, 0.3) is 5.69 Å². The predicted octanol–water partition coefficient (Wildman–Crippen LogP) is 2.67. The summed E-state index contributed by atoms with van der Waals surface area (Å²) in [6.45, 7) is 0.284. The van der Waals surface area contributed by atoms with Crippen LogP contribution in [-0.4, -0.2) is 17.3 Å². The van der Waals surface area contributed by atoms with E-state index in [9.17, 15) is 14.9 Å². The van der Waals surface area contributed by atoms with Gasteiger partial charge in [-0.05, 0) is 6.07 Å². The quantitative estimate of drug-likeness (QED) is 0.602. The van der Waals surface area contributed by atoms with Gasteiger partial charge < -0.3 is 4.74 Å². The third kappa shape index (κ3) is 2.45. The van der Waals surface area contributed by atoms with Crippen molar-refractivity contribution in [2.24, 2.45) is 0 Å². The number of hydrogen-bond acceptors (Lipinski definition) is 4. The molecule has 1 aliphatic rings. The summed E-state index contributed by atoms with van der Waals surface area (Å²) in [4.78, 5) is 21.7. The Kier molecular flexibility index (Phi) is 3.40. The molecule has 1 unspecified atom stereocenters. The summed E-state index contributed by atoms with van der Waals surface area (Å²) < 4.78 is 5.40. The van der Waals surface area contributed by atoms with E-state index in [4.69, 9.17) is 16.3 Å². The minimum Gasteiger partial charge on any atom is -0.372 e. The van der Waals surface area contributed by atoms with E-state index in [-0.39, 0.29) is 29.5 Å². The summed E-state index contributed by atoms with van der Waals surface area (Å²) in [5.41, 5.74) is 0.199. The fourth-order valence-electron chi connectivity index (χ4n) is 1.87. The van der Waals surface area contributed by atoms with E-state index in [1.165, 1.54) is 12.1 Å². The van der Waals surface area contributed by atoms with Crippen molar-refractivity contribution in [2.75, 3.05) is 6.61 Å². The number of benzene rings is 1. The fraction of sp³-hybridized carbons (Fsp3) is 0.364. The first-order valence-corrected chi connectivity index (χ1v) is 5.53. The first kappa shape index (κ1) is 12.0. The van der Waals surface area contributed by atoms with Crippen LogP contribution < -0.4 is 0 Å². The van der Waals surface area contributed by atoms with Crippen molar-refractivity contribution in [3.63, 3.8) is 0 Å². The van der Waals surface area contributed by atoms with Crippen LogP contribution in [-0.2, 0) is 9.53 Å². The van der Waals surface area contributed by atoms with Gasteiger partial charge in [-0.2, -0.15) is 0 Å². The summed E-state index contributed by atoms with van der Waals surface area (Å²) in [6, 6.07) is 4.44. The highest BCUT2D eigenvalue weighted by atomic mass is 35.5. The van der Waals surface area contributed by atoms with Crippen LogP contribution in [0.15, 0.2) is 18.2 Å². The summed E-state index contributed by atoms with van der Waals surface area (Å²) >= 11 is 5.96. The molecule has 0 amide bonds. The summed E-state index contributed by atoms with van der Waals surface area (Å²) in [5.74, 6) is 0.0375. The maximum atomic E-state index is 11.3. The summed E-state index contributed by atoms with van der Waals surface area (Å²) in [7, 11) is 0. The Labute approximate surface area is 102 Å². The number of ether oxygens (including phenoxy) is 1. The van der Waals surface area contributed by atoms with Crippen molar-refractivity contribution in [3.8, 4) is 0 Å². The Morgan fingerprint density at radius 2 is 2.24 bits per heavy atom. The zero-order valence-corrected chi connectivity index (χ0v) is 9.64. The van der Waals surface area contributed by atoms with E-state index >= 15 is 0 Å². The van der Waals surface area contributed by atoms with Crippen molar-refractivity contribution >= 4 is 23.1 Å². The highest BCUT2D eigenvalue weighted by Gasteiger charge is 2.30. The van der Waals surface area contributed by atoms with Gasteiger partial charge in [-0.3, -0.25) is 14.9 Å². The molecule has 2 rings (SSSR count). The maximum absolute atomic E-state index is 11.3. The van der Waals surface area contributed by atoms with Crippen LogP contribution in [0.25, 0.3) is 0 Å². The lowest BCUT2D eigenvalue weighted by Gasteiger charge is -2.22. The number of nitro groups is 1. The predicted molar refractivity (Wildman–Crippen MR) is 61.0 cm³/mol. The molecule has 1 aromatic rings. The highest BCUT2D eigenvalue weighted by molar-refractivity contribution is 6.31. The summed E-state index contributed by atoms with van der Waals surface area (Å²) in [5, 5.41) is 11.2. The first-order valence-electron chi connectivity index (χ1n) is 5.15. The monoisotopic (exact) mass is 255 g/mol. The topological polar surface area (TPSA) is 69.4 Å². The molecule has 1 aromatic carbocycles. The molecule has 0 radical (unpaired) electrons. The van der Waals surface area contributed by atoms with Crippen LogP contribution in [0.3, 0.4) is 0 Å². The Hall–Kier alpha value is -1.46. The van der Waals surface area contributed by atoms with Gasteiger partial charge in [0.1, 0.15) is 5.78 Å². The minimum absolute atomic E-state index is 0.0375. The first-order chi connectivity index (χ1) is 8.09. The molecule has 1 aliphatic heterocycles. The maximum Gasteiger partial charge on any atom is 0.276 e. The number of ketones is 1. The smallest absolute Gasteiger partial charge is 0.276 e. The number of halogens is 1. The molecule has 1 fully saturated rings. The Morgan fingerprint density at radius 1 is 1.47 bits per heavy atom. The molecule has 90 valence electrons. The van der Waals surface area contributed by atoms with Crippen molar-refractivity contribution in [3.05, 3.63) is 38.9 Å². The van der Waals surface area contributed by atoms with Gasteiger partial charge in [0.15, 0.2) is 0 Å². The van der Waals surface area contributed by atoms with E-state index in [2.05, 4.69) is 0 Å². The Morgan fingerprint density at radius 3 is 2.88 bits per heavy atom. The Balaban J connectivity index is 2.42. The molecule has 0 aliphatic carbocycles. The Bertz CT molecular complexity index is 475. The highest BCUT2D eigenvalue weighted by Crippen LogP contribution is 2.37. The fourth-order valence-corrected chi connectivity index (χ4v) is 2.16. The standard InChI is InChI=1S/C11H10ClNO4/c12-8-2-1-3-9(13(15)16)11(8)10-6-7(14)4-5-17-10/h1-3,10H,4-6H2. The van der Waals surface area contributed by atoms with Gasteiger partial charge in [0.05, 0.1) is 28.2 Å². The molecule has 0 spiro atoms. The van der Waals surface area contributed by atoms with E-state index in [0.29, 0.717) is 12.0 Å². The molecule has 17 heavy (non-hydrogen) atoms. The average molecular weight is 256 g/mol. The second-order valence-corrected chi connectivity index (χ2v) is 4.19. The van der Waals surface area contributed by atoms with Crippen LogP contribution in [0.1, 0.15) is 24.5 Å². The molecule has 0 saturated carbocycles. The number of rotatable bonds is 2. The normalized spacial score (nSPS) is 20.3. The van der Waals surface area contributed by atoms with Gasteiger partial charge in [0, 0.05) is 18.9 Å². The number of nitro benzene ring substituents is 1. The van der Waals surface area contributed by atoms with E-state index < -0.39 is 11.0 Å². The van der Waals surface area contributed by atoms with Crippen molar-refractivity contribution in [1.82, 2.24) is 0 Å². The number of nitrogens with zero attached hydrogens (tertiary/aromatic N) is 1. The molecular formula is C11H10ClNO4. The van der Waals surface area contributed by atoms with Crippen LogP contribution >= 0.6 is 11.6 Å². The van der Waals surface area contributed by atoms with Crippen molar-refractivity contribution in [1.29, 1.82) is 0 Å². The third-order valence-electron chi connectivity index (χ3n) is 2.66. The third-order valence-corrected chi connectivity index (χ3v) is 2.99. The molecular weight excluding hydrogens is 246 g/mol. The lowest BCUT2D eigenvalue weighted by molar-refractivity contribution is -0.386. The van der Waals surface area contributed by atoms with Gasteiger partial charge in [-0.1, -0.05) is 17.7 Å². The molecule has 0 aromatic heterocycles. The zero-order valence-electron chi connectivity index (χ0n) is 8.89. The molecule has 1 heterocycles. The number of carbonyl (C=O) groups excluding carboxylic acids is 1. The molecule has 0 bridgehead atoms. The second kappa shape index (κ2) is 4.81. The summed E-state index contributed by atoms with van der Waals surface area (Å²) in [6.07, 6.45) is -0.107. The average Bonchev–Trinajstić information content (AvgIpc) is 2.28. The molecule has 1 saturated heterocycles. The van der Waals surface area contributed by atoms with Gasteiger partial charge in [-0.15, -0.1) is 0 Å². The van der Waals surface area contributed by atoms with Gasteiger partial charge >= 0.3 is 0 Å². The van der Waals surface area contributed by atoms with Crippen LogP contribution in [0.5, 0.6) is 0 Å². The SMILES string of the molecule is O=C1CCOC(c2c(Cl)cccc2[N+](=O)[O-])C1. The minimum atomic E-state index is -0.606. The molecule has 6 heteroatoms. The van der Waals surface area contributed by atoms with Crippen molar-refractivity contribution in [2.45, 2.75) is 18.9 Å². The van der Waals surface area contributed by atoms with E-state index in [0.717, 1.165) is 0 Å². The lowest BCUT2D eigenvalue weighted by atomic mass is 9.99. The second-order valence-electron chi connectivity index (χ2n) is 3.78. The van der Waals surface area contributed by atoms with Crippen LogP contribution in [0.2, 0.25) is 5.02 Å².